The molecule has 1 rings (SSSR count). The number of nitrogens with zero attached hydrogens (tertiary/aromatic N) is 1. The summed E-state index contributed by atoms with van der Waals surface area (Å²) in [5.74, 6) is 0. The van der Waals surface area contributed by atoms with Gasteiger partial charge in [-0.2, -0.15) is 0 Å². The molecule has 7 nitrogen and oxygen atoms in total. The minimum Gasteiger partial charge on any atom is -0.394 e. The van der Waals surface area contributed by atoms with Crippen molar-refractivity contribution in [1.82, 2.24) is 9.55 Å². The van der Waals surface area contributed by atoms with Crippen LogP contribution in [0.4, 0.5) is 4.39 Å². The molecule has 1 heterocycles. The van der Waals surface area contributed by atoms with Gasteiger partial charge in [0.2, 0.25) is 0 Å². The zero-order valence-electron chi connectivity index (χ0n) is 10.7. The average molecular weight is 276 g/mol. The average Bonchev–Trinajstić information content (AvgIpc) is 2.30. The van der Waals surface area contributed by atoms with Crippen LogP contribution in [0.3, 0.4) is 0 Å². The van der Waals surface area contributed by atoms with Crippen LogP contribution in [0.15, 0.2) is 21.9 Å². The highest BCUT2D eigenvalue weighted by Crippen LogP contribution is 2.19. The van der Waals surface area contributed by atoms with Crippen molar-refractivity contribution in [3.63, 3.8) is 0 Å². The van der Waals surface area contributed by atoms with Gasteiger partial charge in [-0.3, -0.25) is 14.3 Å². The number of ether oxygens (including phenoxy) is 1. The van der Waals surface area contributed by atoms with Gasteiger partial charge < -0.3 is 14.9 Å². The number of hydrogen-bond acceptors (Lipinski definition) is 5. The van der Waals surface area contributed by atoms with Gasteiger partial charge in [0.05, 0.1) is 6.61 Å². The Morgan fingerprint density at radius 3 is 2.63 bits per heavy atom. The lowest BCUT2D eigenvalue weighted by molar-refractivity contribution is -0.130. The van der Waals surface area contributed by atoms with Gasteiger partial charge in [-0.1, -0.05) is 0 Å². The summed E-state index contributed by atoms with van der Waals surface area (Å²) in [5, 5.41) is 18.7. The fourth-order valence-corrected chi connectivity index (χ4v) is 1.41. The minimum absolute atomic E-state index is 0.325. The molecule has 0 saturated heterocycles. The molecule has 0 amide bonds. The standard InChI is InChI=1S/C11H17FN2O5/c1-11(2,12)9(17)7(5-15)19-6-14-4-3-8(16)13-10(14)18/h3-4,7,9,15,17H,5-6H2,1-2H3,(H,13,16,18). The molecule has 2 atom stereocenters. The van der Waals surface area contributed by atoms with Crippen LogP contribution >= 0.6 is 0 Å². The zero-order chi connectivity index (χ0) is 14.6. The van der Waals surface area contributed by atoms with Crippen LogP contribution < -0.4 is 11.2 Å². The SMILES string of the molecule is CC(C)(F)C(O)C(CO)OCn1ccc(=O)[nH]c1=O. The third kappa shape index (κ3) is 4.27. The lowest BCUT2D eigenvalue weighted by atomic mass is 9.99. The molecule has 0 fully saturated rings. The molecular formula is C11H17FN2O5. The number of alkyl halides is 1. The first-order chi connectivity index (χ1) is 8.75. The Balaban J connectivity index is 2.73. The largest absolute Gasteiger partial charge is 0.394 e. The van der Waals surface area contributed by atoms with Crippen molar-refractivity contribution in [2.75, 3.05) is 6.61 Å². The summed E-state index contributed by atoms with van der Waals surface area (Å²) < 4.78 is 19.6. The molecule has 0 aliphatic heterocycles. The maximum Gasteiger partial charge on any atom is 0.330 e. The van der Waals surface area contributed by atoms with Crippen molar-refractivity contribution in [3.8, 4) is 0 Å². The fraction of sp³-hybridized carbons (Fsp3) is 0.636. The molecule has 0 radical (unpaired) electrons. The van der Waals surface area contributed by atoms with Gasteiger partial charge in [-0.25, -0.2) is 9.18 Å². The second-order valence-electron chi connectivity index (χ2n) is 4.61. The summed E-state index contributed by atoms with van der Waals surface area (Å²) in [5.41, 5.74) is -3.20. The molecular weight excluding hydrogens is 259 g/mol. The normalized spacial score (nSPS) is 15.2. The number of aromatic nitrogens is 2. The molecule has 8 heteroatoms. The van der Waals surface area contributed by atoms with Crippen LogP contribution in [0, 0.1) is 0 Å². The maximum absolute atomic E-state index is 13.5. The number of H-pyrrole nitrogens is 1. The quantitative estimate of drug-likeness (QED) is 0.617. The highest BCUT2D eigenvalue weighted by molar-refractivity contribution is 4.85. The number of aliphatic hydroxyl groups excluding tert-OH is 2. The lowest BCUT2D eigenvalue weighted by Crippen LogP contribution is -2.45. The molecule has 0 aliphatic rings. The van der Waals surface area contributed by atoms with Gasteiger partial charge in [0.1, 0.15) is 24.6 Å². The van der Waals surface area contributed by atoms with Crippen LogP contribution in [0.25, 0.3) is 0 Å². The molecule has 1 aromatic rings. The van der Waals surface area contributed by atoms with E-state index >= 15 is 0 Å². The highest BCUT2D eigenvalue weighted by atomic mass is 19.1. The summed E-state index contributed by atoms with van der Waals surface area (Å²) >= 11 is 0. The van der Waals surface area contributed by atoms with E-state index in [0.717, 1.165) is 24.5 Å². The van der Waals surface area contributed by atoms with Gasteiger partial charge in [-0.05, 0) is 13.8 Å². The van der Waals surface area contributed by atoms with Crippen LogP contribution in [0.1, 0.15) is 13.8 Å². The third-order valence-electron chi connectivity index (χ3n) is 2.56. The maximum atomic E-state index is 13.5. The summed E-state index contributed by atoms with van der Waals surface area (Å²) in [6.45, 7) is 1.37. The van der Waals surface area contributed by atoms with E-state index in [2.05, 4.69) is 0 Å². The van der Waals surface area contributed by atoms with E-state index in [1.165, 1.54) is 6.20 Å². The first-order valence-corrected chi connectivity index (χ1v) is 5.65. The van der Waals surface area contributed by atoms with E-state index in [4.69, 9.17) is 9.84 Å². The summed E-state index contributed by atoms with van der Waals surface area (Å²) in [4.78, 5) is 24.2. The second-order valence-corrected chi connectivity index (χ2v) is 4.61. The van der Waals surface area contributed by atoms with E-state index in [1.54, 1.807) is 0 Å². The van der Waals surface area contributed by atoms with Crippen molar-refractivity contribution in [2.45, 2.75) is 38.5 Å². The zero-order valence-corrected chi connectivity index (χ0v) is 10.7. The number of halogens is 1. The van der Waals surface area contributed by atoms with Crippen molar-refractivity contribution in [2.24, 2.45) is 0 Å². The predicted molar refractivity (Wildman–Crippen MR) is 64.5 cm³/mol. The molecule has 0 bridgehead atoms. The Labute approximate surface area is 108 Å². The Hall–Kier alpha value is -1.51. The van der Waals surface area contributed by atoms with Gasteiger partial charge in [0.25, 0.3) is 5.56 Å². The van der Waals surface area contributed by atoms with Crippen LogP contribution in [-0.2, 0) is 11.5 Å². The van der Waals surface area contributed by atoms with E-state index in [9.17, 15) is 19.1 Å². The van der Waals surface area contributed by atoms with Gasteiger partial charge in [0, 0.05) is 12.3 Å². The monoisotopic (exact) mass is 276 g/mol. The summed E-state index contributed by atoms with van der Waals surface area (Å²) in [6.07, 6.45) is -1.53. The Morgan fingerprint density at radius 2 is 2.16 bits per heavy atom. The Bertz CT molecular complexity index is 519. The predicted octanol–water partition coefficient (Wildman–Crippen LogP) is -1.02. The number of nitrogens with one attached hydrogen (secondary N) is 1. The molecule has 1 aromatic heterocycles. The van der Waals surface area contributed by atoms with Crippen LogP contribution in [-0.4, -0.2) is 44.2 Å². The number of hydrogen-bond donors (Lipinski definition) is 3. The van der Waals surface area contributed by atoms with Gasteiger partial charge >= 0.3 is 5.69 Å². The Morgan fingerprint density at radius 1 is 1.53 bits per heavy atom. The molecule has 0 saturated carbocycles. The van der Waals surface area contributed by atoms with E-state index < -0.39 is 35.7 Å². The summed E-state index contributed by atoms with van der Waals surface area (Å²) in [7, 11) is 0. The number of rotatable bonds is 6. The van der Waals surface area contributed by atoms with Gasteiger partial charge in [-0.15, -0.1) is 0 Å². The van der Waals surface area contributed by atoms with Crippen LogP contribution in [0.5, 0.6) is 0 Å². The molecule has 108 valence electrons. The fourth-order valence-electron chi connectivity index (χ4n) is 1.41. The third-order valence-corrected chi connectivity index (χ3v) is 2.56. The topological polar surface area (TPSA) is 105 Å². The molecule has 0 aliphatic carbocycles. The molecule has 3 N–H and O–H groups in total. The highest BCUT2D eigenvalue weighted by Gasteiger charge is 2.34. The van der Waals surface area contributed by atoms with Crippen molar-refractivity contribution < 1.29 is 19.3 Å². The summed E-state index contributed by atoms with van der Waals surface area (Å²) in [6, 6.07) is 1.12. The minimum atomic E-state index is -1.96. The molecule has 19 heavy (non-hydrogen) atoms. The van der Waals surface area contributed by atoms with Crippen molar-refractivity contribution in [3.05, 3.63) is 33.1 Å². The number of aromatic amines is 1. The van der Waals surface area contributed by atoms with Crippen LogP contribution in [0.2, 0.25) is 0 Å². The molecule has 2 unspecified atom stereocenters. The number of aliphatic hydroxyl groups is 2. The lowest BCUT2D eigenvalue weighted by Gasteiger charge is -2.28. The smallest absolute Gasteiger partial charge is 0.330 e. The molecule has 0 spiro atoms. The first-order valence-electron chi connectivity index (χ1n) is 5.65. The van der Waals surface area contributed by atoms with Crippen molar-refractivity contribution in [1.29, 1.82) is 0 Å². The second kappa shape index (κ2) is 6.09. The Kier molecular flexibility index (Phi) is 4.98. The van der Waals surface area contributed by atoms with E-state index in [1.807, 2.05) is 4.98 Å². The molecule has 0 aromatic carbocycles. The van der Waals surface area contributed by atoms with E-state index in [0.29, 0.717) is 0 Å². The van der Waals surface area contributed by atoms with E-state index in [-0.39, 0.29) is 6.73 Å². The van der Waals surface area contributed by atoms with Crippen molar-refractivity contribution >= 4 is 0 Å². The first kappa shape index (κ1) is 15.5. The van der Waals surface area contributed by atoms with Gasteiger partial charge in [0.15, 0.2) is 0 Å².